The van der Waals surface area contributed by atoms with Gasteiger partial charge in [-0.2, -0.15) is 0 Å². The molecule has 2 heteroatoms. The minimum absolute atomic E-state index is 0.157. The molecular formula is C20H20O2. The van der Waals surface area contributed by atoms with E-state index < -0.39 is 0 Å². The highest BCUT2D eigenvalue weighted by Crippen LogP contribution is 2.47. The van der Waals surface area contributed by atoms with Gasteiger partial charge in [-0.15, -0.1) is 0 Å². The summed E-state index contributed by atoms with van der Waals surface area (Å²) in [5, 5.41) is 0. The molecule has 3 rings (SSSR count). The first kappa shape index (κ1) is 14.6. The summed E-state index contributed by atoms with van der Waals surface area (Å²) in [6, 6.07) is 20.1. The first-order valence-corrected chi connectivity index (χ1v) is 7.58. The largest absolute Gasteiger partial charge is 0.456 e. The molecule has 0 aliphatic carbocycles. The van der Waals surface area contributed by atoms with Gasteiger partial charge >= 0.3 is 5.97 Å². The van der Waals surface area contributed by atoms with Crippen LogP contribution in [0.15, 0.2) is 66.2 Å². The second-order valence-corrected chi connectivity index (χ2v) is 6.26. The predicted octanol–water partition coefficient (Wildman–Crippen LogP) is 4.78. The summed E-state index contributed by atoms with van der Waals surface area (Å²) in [7, 11) is 0. The van der Waals surface area contributed by atoms with Gasteiger partial charge in [0.2, 0.25) is 0 Å². The SMILES string of the molecule is CC1(C)/C(=C/c2ccccc2)CC(=O)OC1c1ccccc1. The standard InChI is InChI=1S/C20H20O2/c1-20(2)17(13-15-9-5-3-6-10-15)14-18(21)22-19(20)16-11-7-4-8-12-16/h3-13,19H,14H2,1-2H3/b17-13+. The molecule has 0 radical (unpaired) electrons. The molecule has 0 spiro atoms. The summed E-state index contributed by atoms with van der Waals surface area (Å²) in [6.45, 7) is 4.29. The van der Waals surface area contributed by atoms with Crippen LogP contribution in [0.4, 0.5) is 0 Å². The maximum Gasteiger partial charge on any atom is 0.310 e. The van der Waals surface area contributed by atoms with Gasteiger partial charge in [-0.05, 0) is 16.7 Å². The van der Waals surface area contributed by atoms with Crippen molar-refractivity contribution in [3.63, 3.8) is 0 Å². The van der Waals surface area contributed by atoms with E-state index >= 15 is 0 Å². The molecule has 0 aromatic heterocycles. The third kappa shape index (κ3) is 2.82. The van der Waals surface area contributed by atoms with Crippen LogP contribution in [0.5, 0.6) is 0 Å². The molecule has 1 unspecified atom stereocenters. The highest BCUT2D eigenvalue weighted by atomic mass is 16.5. The minimum atomic E-state index is -0.245. The fraction of sp³-hybridized carbons (Fsp3) is 0.250. The van der Waals surface area contributed by atoms with Crippen LogP contribution in [-0.2, 0) is 9.53 Å². The van der Waals surface area contributed by atoms with Crippen LogP contribution in [0.1, 0.15) is 37.5 Å². The molecule has 112 valence electrons. The average Bonchev–Trinajstić information content (AvgIpc) is 2.53. The molecule has 0 saturated carbocycles. The maximum atomic E-state index is 12.1. The first-order chi connectivity index (χ1) is 10.6. The smallest absolute Gasteiger partial charge is 0.310 e. The van der Waals surface area contributed by atoms with Crippen molar-refractivity contribution in [2.24, 2.45) is 5.41 Å². The van der Waals surface area contributed by atoms with Crippen LogP contribution in [0, 0.1) is 5.41 Å². The van der Waals surface area contributed by atoms with E-state index in [0.29, 0.717) is 6.42 Å². The zero-order chi connectivity index (χ0) is 15.6. The van der Waals surface area contributed by atoms with Crippen molar-refractivity contribution in [1.29, 1.82) is 0 Å². The molecule has 1 heterocycles. The molecule has 0 N–H and O–H groups in total. The van der Waals surface area contributed by atoms with Crippen LogP contribution in [-0.4, -0.2) is 5.97 Å². The second kappa shape index (κ2) is 5.80. The lowest BCUT2D eigenvalue weighted by molar-refractivity contribution is -0.159. The number of carbonyl (C=O) groups excluding carboxylic acids is 1. The summed E-state index contributed by atoms with van der Waals surface area (Å²) in [5.41, 5.74) is 3.04. The van der Waals surface area contributed by atoms with Crippen LogP contribution in [0.25, 0.3) is 6.08 Å². The van der Waals surface area contributed by atoms with Crippen molar-refractivity contribution in [1.82, 2.24) is 0 Å². The van der Waals surface area contributed by atoms with E-state index in [-0.39, 0.29) is 17.5 Å². The fourth-order valence-electron chi connectivity index (χ4n) is 2.97. The Morgan fingerprint density at radius 1 is 1.00 bits per heavy atom. The normalized spacial score (nSPS) is 22.4. The van der Waals surface area contributed by atoms with Crippen molar-refractivity contribution in [2.45, 2.75) is 26.4 Å². The molecule has 2 nitrogen and oxygen atoms in total. The number of hydrogen-bond donors (Lipinski definition) is 0. The highest BCUT2D eigenvalue weighted by molar-refractivity contribution is 5.77. The van der Waals surface area contributed by atoms with Crippen LogP contribution >= 0.6 is 0 Å². The number of cyclic esters (lactones) is 1. The van der Waals surface area contributed by atoms with E-state index in [0.717, 1.165) is 16.7 Å². The summed E-state index contributed by atoms with van der Waals surface area (Å²) in [4.78, 5) is 12.1. The van der Waals surface area contributed by atoms with E-state index in [1.807, 2.05) is 48.5 Å². The lowest BCUT2D eigenvalue weighted by Gasteiger charge is -2.40. The van der Waals surface area contributed by atoms with Gasteiger partial charge in [0.25, 0.3) is 0 Å². The number of benzene rings is 2. The maximum absolute atomic E-state index is 12.1. The number of esters is 1. The van der Waals surface area contributed by atoms with Gasteiger partial charge in [0.05, 0.1) is 6.42 Å². The number of ether oxygens (including phenoxy) is 1. The average molecular weight is 292 g/mol. The molecule has 22 heavy (non-hydrogen) atoms. The van der Waals surface area contributed by atoms with Crippen molar-refractivity contribution in [3.8, 4) is 0 Å². The lowest BCUT2D eigenvalue weighted by atomic mass is 9.72. The fourth-order valence-corrected chi connectivity index (χ4v) is 2.97. The first-order valence-electron chi connectivity index (χ1n) is 7.58. The molecule has 0 amide bonds. The Morgan fingerprint density at radius 2 is 1.59 bits per heavy atom. The van der Waals surface area contributed by atoms with Crippen molar-refractivity contribution in [2.75, 3.05) is 0 Å². The van der Waals surface area contributed by atoms with E-state index in [1.165, 1.54) is 0 Å². The second-order valence-electron chi connectivity index (χ2n) is 6.26. The Labute approximate surface area is 131 Å². The summed E-state index contributed by atoms with van der Waals surface area (Å²) < 4.78 is 5.68. The Kier molecular flexibility index (Phi) is 3.84. The summed E-state index contributed by atoms with van der Waals surface area (Å²) in [6.07, 6.45) is 2.23. The van der Waals surface area contributed by atoms with E-state index in [1.54, 1.807) is 0 Å². The quantitative estimate of drug-likeness (QED) is 0.744. The Balaban J connectivity index is 2.01. The molecule has 2 aromatic carbocycles. The molecule has 1 aliphatic rings. The van der Waals surface area contributed by atoms with Gasteiger partial charge in [0.15, 0.2) is 0 Å². The highest BCUT2D eigenvalue weighted by Gasteiger charge is 2.42. The van der Waals surface area contributed by atoms with Gasteiger partial charge in [-0.25, -0.2) is 0 Å². The third-order valence-electron chi connectivity index (χ3n) is 4.31. The minimum Gasteiger partial charge on any atom is -0.456 e. The van der Waals surface area contributed by atoms with Gasteiger partial charge in [0, 0.05) is 5.41 Å². The van der Waals surface area contributed by atoms with E-state index in [4.69, 9.17) is 4.74 Å². The molecule has 0 bridgehead atoms. The van der Waals surface area contributed by atoms with Gasteiger partial charge in [0.1, 0.15) is 6.10 Å². The summed E-state index contributed by atoms with van der Waals surface area (Å²) in [5.74, 6) is -0.157. The van der Waals surface area contributed by atoms with Crippen molar-refractivity contribution in [3.05, 3.63) is 77.4 Å². The number of carbonyl (C=O) groups is 1. The molecule has 2 aromatic rings. The third-order valence-corrected chi connectivity index (χ3v) is 4.31. The Hall–Kier alpha value is -2.35. The Bertz CT molecular complexity index is 684. The van der Waals surface area contributed by atoms with E-state index in [9.17, 15) is 4.79 Å². The molecule has 1 atom stereocenters. The Morgan fingerprint density at radius 3 is 2.23 bits per heavy atom. The lowest BCUT2D eigenvalue weighted by Crippen LogP contribution is -2.34. The molecule has 1 aliphatic heterocycles. The predicted molar refractivity (Wildman–Crippen MR) is 88.1 cm³/mol. The zero-order valence-electron chi connectivity index (χ0n) is 13.0. The van der Waals surface area contributed by atoms with Gasteiger partial charge < -0.3 is 4.74 Å². The van der Waals surface area contributed by atoms with Crippen LogP contribution < -0.4 is 0 Å². The summed E-state index contributed by atoms with van der Waals surface area (Å²) >= 11 is 0. The van der Waals surface area contributed by atoms with Crippen molar-refractivity contribution < 1.29 is 9.53 Å². The number of rotatable bonds is 2. The molecule has 1 saturated heterocycles. The monoisotopic (exact) mass is 292 g/mol. The molecular weight excluding hydrogens is 272 g/mol. The van der Waals surface area contributed by atoms with E-state index in [2.05, 4.69) is 32.1 Å². The van der Waals surface area contributed by atoms with Crippen molar-refractivity contribution >= 4 is 12.0 Å². The van der Waals surface area contributed by atoms with Gasteiger partial charge in [-0.3, -0.25) is 4.79 Å². The van der Waals surface area contributed by atoms with Crippen LogP contribution in [0.2, 0.25) is 0 Å². The molecule has 1 fully saturated rings. The topological polar surface area (TPSA) is 26.3 Å². The van der Waals surface area contributed by atoms with Gasteiger partial charge in [-0.1, -0.05) is 80.6 Å². The zero-order valence-corrected chi connectivity index (χ0v) is 13.0. The van der Waals surface area contributed by atoms with Crippen LogP contribution in [0.3, 0.4) is 0 Å². The number of hydrogen-bond acceptors (Lipinski definition) is 2.